The molecule has 1 N–H and O–H groups in total. The van der Waals surface area contributed by atoms with E-state index in [2.05, 4.69) is 36.2 Å². The number of ether oxygens (including phenoxy) is 1. The van der Waals surface area contributed by atoms with Crippen molar-refractivity contribution in [1.29, 1.82) is 0 Å². The Morgan fingerprint density at radius 2 is 2.08 bits per heavy atom. The summed E-state index contributed by atoms with van der Waals surface area (Å²) < 4.78 is 5.69. The number of hydrogen-bond acceptors (Lipinski definition) is 7. The summed E-state index contributed by atoms with van der Waals surface area (Å²) in [6.45, 7) is 3.72. The third-order valence-corrected chi connectivity index (χ3v) is 4.43. The SMILES string of the molecule is CC(=O)OC(C)C(=O)N1CCN=C1Nc1ccc2nccnc2c1Br. The summed E-state index contributed by atoms with van der Waals surface area (Å²) in [7, 11) is 0. The van der Waals surface area contributed by atoms with Gasteiger partial charge in [0.2, 0.25) is 5.96 Å². The van der Waals surface area contributed by atoms with Gasteiger partial charge in [0.1, 0.15) is 5.52 Å². The Bertz CT molecular complexity index is 870. The van der Waals surface area contributed by atoms with Crippen molar-refractivity contribution in [2.45, 2.75) is 20.0 Å². The van der Waals surface area contributed by atoms with Crippen molar-refractivity contribution < 1.29 is 14.3 Å². The summed E-state index contributed by atoms with van der Waals surface area (Å²) in [6, 6.07) is 3.67. The van der Waals surface area contributed by atoms with Crippen LogP contribution in [0.3, 0.4) is 0 Å². The van der Waals surface area contributed by atoms with Crippen molar-refractivity contribution in [2.24, 2.45) is 4.99 Å². The van der Waals surface area contributed by atoms with Gasteiger partial charge in [-0.2, -0.15) is 0 Å². The fraction of sp³-hybridized carbons (Fsp3) is 0.312. The van der Waals surface area contributed by atoms with Crippen molar-refractivity contribution in [3.8, 4) is 0 Å². The molecule has 8 nitrogen and oxygen atoms in total. The Morgan fingerprint density at radius 3 is 2.84 bits per heavy atom. The number of aromatic nitrogens is 2. The van der Waals surface area contributed by atoms with Gasteiger partial charge in [0.05, 0.1) is 22.2 Å². The van der Waals surface area contributed by atoms with E-state index in [1.807, 2.05) is 12.1 Å². The summed E-state index contributed by atoms with van der Waals surface area (Å²) in [4.78, 5) is 37.9. The van der Waals surface area contributed by atoms with Crippen LogP contribution in [-0.2, 0) is 14.3 Å². The molecule has 0 spiro atoms. The fourth-order valence-corrected chi connectivity index (χ4v) is 3.04. The number of aliphatic imine (C=N–C) groups is 1. The first-order chi connectivity index (χ1) is 12.0. The first-order valence-corrected chi connectivity index (χ1v) is 8.46. The second kappa shape index (κ2) is 7.14. The predicted octanol–water partition coefficient (Wildman–Crippen LogP) is 1.95. The number of guanidine groups is 1. The van der Waals surface area contributed by atoms with E-state index in [0.717, 1.165) is 9.99 Å². The topological polar surface area (TPSA) is 96.8 Å². The van der Waals surface area contributed by atoms with Gasteiger partial charge >= 0.3 is 5.97 Å². The van der Waals surface area contributed by atoms with Crippen LogP contribution in [0.4, 0.5) is 5.69 Å². The molecule has 0 saturated carbocycles. The minimum Gasteiger partial charge on any atom is -0.453 e. The Hall–Kier alpha value is -2.55. The number of hydrogen-bond donors (Lipinski definition) is 1. The minimum atomic E-state index is -0.867. The van der Waals surface area contributed by atoms with Crippen LogP contribution in [0.5, 0.6) is 0 Å². The third-order valence-electron chi connectivity index (χ3n) is 3.62. The molecule has 1 atom stereocenters. The molecule has 1 aliphatic rings. The highest BCUT2D eigenvalue weighted by molar-refractivity contribution is 9.10. The van der Waals surface area contributed by atoms with E-state index in [4.69, 9.17) is 4.74 Å². The number of anilines is 1. The Kier molecular flexibility index (Phi) is 4.93. The molecule has 0 aliphatic carbocycles. The summed E-state index contributed by atoms with van der Waals surface area (Å²) in [5.74, 6) is -0.411. The first kappa shape index (κ1) is 17.3. The summed E-state index contributed by atoms with van der Waals surface area (Å²) in [5.41, 5.74) is 2.17. The lowest BCUT2D eigenvalue weighted by atomic mass is 10.2. The average molecular weight is 406 g/mol. The van der Waals surface area contributed by atoms with E-state index in [9.17, 15) is 9.59 Å². The van der Waals surface area contributed by atoms with Crippen molar-refractivity contribution in [2.75, 3.05) is 18.4 Å². The lowest BCUT2D eigenvalue weighted by Crippen LogP contribution is -2.44. The molecule has 2 heterocycles. The lowest BCUT2D eigenvalue weighted by Gasteiger charge is -2.23. The average Bonchev–Trinajstić information content (AvgIpc) is 3.04. The molecule has 1 aromatic heterocycles. The van der Waals surface area contributed by atoms with Crippen molar-refractivity contribution >= 4 is 50.5 Å². The van der Waals surface area contributed by atoms with Crippen LogP contribution in [0.1, 0.15) is 13.8 Å². The Morgan fingerprint density at radius 1 is 1.32 bits per heavy atom. The number of rotatable bonds is 3. The molecule has 130 valence electrons. The number of carbonyl (C=O) groups is 2. The zero-order valence-corrected chi connectivity index (χ0v) is 15.3. The number of amides is 1. The summed E-state index contributed by atoms with van der Waals surface area (Å²) in [6.07, 6.45) is 2.37. The van der Waals surface area contributed by atoms with E-state index >= 15 is 0 Å². The lowest BCUT2D eigenvalue weighted by molar-refractivity contribution is -0.155. The second-order valence-corrected chi connectivity index (χ2v) is 6.22. The Balaban J connectivity index is 1.81. The van der Waals surface area contributed by atoms with Crippen molar-refractivity contribution in [3.05, 3.63) is 29.0 Å². The van der Waals surface area contributed by atoms with Gasteiger partial charge in [0.15, 0.2) is 6.10 Å². The molecule has 1 amide bonds. The van der Waals surface area contributed by atoms with E-state index in [-0.39, 0.29) is 5.91 Å². The quantitative estimate of drug-likeness (QED) is 0.783. The zero-order valence-electron chi connectivity index (χ0n) is 13.7. The highest BCUT2D eigenvalue weighted by atomic mass is 79.9. The highest BCUT2D eigenvalue weighted by Crippen LogP contribution is 2.29. The molecule has 0 bridgehead atoms. The van der Waals surface area contributed by atoms with Gasteiger partial charge < -0.3 is 10.1 Å². The zero-order chi connectivity index (χ0) is 18.0. The molecule has 1 aromatic carbocycles. The predicted molar refractivity (Wildman–Crippen MR) is 96.1 cm³/mol. The van der Waals surface area contributed by atoms with E-state index in [1.54, 1.807) is 19.3 Å². The van der Waals surface area contributed by atoms with Crippen LogP contribution in [0.15, 0.2) is 34.0 Å². The van der Waals surface area contributed by atoms with Crippen LogP contribution in [0, 0.1) is 0 Å². The fourth-order valence-electron chi connectivity index (χ4n) is 2.51. The molecule has 1 unspecified atom stereocenters. The second-order valence-electron chi connectivity index (χ2n) is 5.42. The van der Waals surface area contributed by atoms with Gasteiger partial charge in [-0.05, 0) is 35.0 Å². The van der Waals surface area contributed by atoms with Crippen LogP contribution in [0.25, 0.3) is 11.0 Å². The summed E-state index contributed by atoms with van der Waals surface area (Å²) in [5, 5.41) is 3.14. The largest absolute Gasteiger partial charge is 0.453 e. The molecule has 0 fully saturated rings. The first-order valence-electron chi connectivity index (χ1n) is 7.66. The van der Waals surface area contributed by atoms with E-state index in [1.165, 1.54) is 11.8 Å². The Labute approximate surface area is 152 Å². The number of nitrogens with one attached hydrogen (secondary N) is 1. The number of carbonyl (C=O) groups excluding carboxylic acids is 2. The molecule has 1 aliphatic heterocycles. The van der Waals surface area contributed by atoms with E-state index in [0.29, 0.717) is 30.3 Å². The van der Waals surface area contributed by atoms with Crippen LogP contribution in [-0.4, -0.2) is 51.9 Å². The number of nitrogens with zero attached hydrogens (tertiary/aromatic N) is 4. The highest BCUT2D eigenvalue weighted by Gasteiger charge is 2.29. The molecule has 0 saturated heterocycles. The van der Waals surface area contributed by atoms with Gasteiger partial charge in [-0.25, -0.2) is 0 Å². The van der Waals surface area contributed by atoms with Gasteiger partial charge in [-0.3, -0.25) is 29.4 Å². The molecule has 3 rings (SSSR count). The third kappa shape index (κ3) is 3.60. The molecule has 9 heteroatoms. The molecule has 2 aromatic rings. The molecular weight excluding hydrogens is 390 g/mol. The monoisotopic (exact) mass is 405 g/mol. The number of benzene rings is 1. The smallest absolute Gasteiger partial charge is 0.303 e. The molecule has 0 radical (unpaired) electrons. The maximum Gasteiger partial charge on any atom is 0.303 e. The molecular formula is C16H16BrN5O3. The molecule has 25 heavy (non-hydrogen) atoms. The van der Waals surface area contributed by atoms with Crippen LogP contribution < -0.4 is 5.32 Å². The van der Waals surface area contributed by atoms with Gasteiger partial charge in [0, 0.05) is 25.9 Å². The van der Waals surface area contributed by atoms with Crippen LogP contribution >= 0.6 is 15.9 Å². The van der Waals surface area contributed by atoms with Crippen LogP contribution in [0.2, 0.25) is 0 Å². The number of esters is 1. The van der Waals surface area contributed by atoms with Gasteiger partial charge in [-0.15, -0.1) is 0 Å². The van der Waals surface area contributed by atoms with E-state index < -0.39 is 12.1 Å². The minimum absolute atomic E-state index is 0.323. The summed E-state index contributed by atoms with van der Waals surface area (Å²) >= 11 is 3.51. The maximum atomic E-state index is 12.5. The standard InChI is InChI=1S/C16H16BrN5O3/c1-9(25-10(2)23)15(24)22-8-7-20-16(22)21-11-3-4-12-14(13(11)17)19-6-5-18-12/h3-6,9H,7-8H2,1-2H3,(H,20,21). The van der Waals surface area contributed by atoms with Gasteiger partial charge in [0.25, 0.3) is 5.91 Å². The number of halogens is 1. The maximum absolute atomic E-state index is 12.5. The van der Waals surface area contributed by atoms with Crippen molar-refractivity contribution in [3.63, 3.8) is 0 Å². The number of fused-ring (bicyclic) bond motifs is 1. The van der Waals surface area contributed by atoms with Gasteiger partial charge in [-0.1, -0.05) is 0 Å². The van der Waals surface area contributed by atoms with Crippen molar-refractivity contribution in [1.82, 2.24) is 14.9 Å². The normalized spacial score (nSPS) is 15.0.